The van der Waals surface area contributed by atoms with Crippen molar-refractivity contribution in [3.8, 4) is 0 Å². The Hall–Kier alpha value is -0.520. The normalized spacial score (nSPS) is 26.5. The molecule has 0 spiro atoms. The molecule has 3 nitrogen and oxygen atoms in total. The van der Waals surface area contributed by atoms with Gasteiger partial charge in [0.2, 0.25) is 0 Å². The summed E-state index contributed by atoms with van der Waals surface area (Å²) in [6.45, 7) is 2.07. The molecule has 0 aromatic carbocycles. The fourth-order valence-electron chi connectivity index (χ4n) is 1.62. The van der Waals surface area contributed by atoms with E-state index in [0.29, 0.717) is 6.42 Å². The van der Waals surface area contributed by atoms with Crippen molar-refractivity contribution in [1.82, 2.24) is 5.32 Å². The van der Waals surface area contributed by atoms with Gasteiger partial charge in [-0.3, -0.25) is 10.1 Å². The molecule has 0 saturated carbocycles. The molecule has 2 heterocycles. The van der Waals surface area contributed by atoms with Crippen molar-refractivity contribution in [2.75, 3.05) is 5.75 Å². The average Bonchev–Trinajstić information content (AvgIpc) is 2.64. The van der Waals surface area contributed by atoms with E-state index >= 15 is 0 Å². The Labute approximate surface area is 96.9 Å². The Balaban J connectivity index is 2.11. The van der Waals surface area contributed by atoms with E-state index in [2.05, 4.69) is 23.7 Å². The number of rotatable bonds is 2. The molecule has 2 unspecified atom stereocenters. The van der Waals surface area contributed by atoms with E-state index in [1.165, 1.54) is 10.4 Å². The van der Waals surface area contributed by atoms with Crippen molar-refractivity contribution in [2.24, 2.45) is 0 Å². The Kier molecular flexibility index (Phi) is 3.33. The molecule has 1 aromatic rings. The molecular formula is C10H13NO2S2. The summed E-state index contributed by atoms with van der Waals surface area (Å²) in [7, 11) is 0. The van der Waals surface area contributed by atoms with Gasteiger partial charge in [0, 0.05) is 4.88 Å². The Bertz CT molecular complexity index is 364. The standard InChI is InChI=1S/C10H13NO2S2/c1-6-2-4-14-8(6)9-11-7(10(12)13)3-5-15-9/h2,4,7,9,11H,3,5H2,1H3,(H,12,13). The number of hydrogen-bond acceptors (Lipinski definition) is 4. The van der Waals surface area contributed by atoms with Crippen LogP contribution < -0.4 is 5.32 Å². The van der Waals surface area contributed by atoms with Crippen LogP contribution in [0.4, 0.5) is 0 Å². The lowest BCUT2D eigenvalue weighted by atomic mass is 10.2. The second-order valence-electron chi connectivity index (χ2n) is 3.56. The van der Waals surface area contributed by atoms with Gasteiger partial charge < -0.3 is 5.11 Å². The van der Waals surface area contributed by atoms with Crippen molar-refractivity contribution in [1.29, 1.82) is 0 Å². The molecule has 2 rings (SSSR count). The predicted octanol–water partition coefficient (Wildman–Crippen LogP) is 2.23. The lowest BCUT2D eigenvalue weighted by molar-refractivity contribution is -0.139. The first kappa shape index (κ1) is 11.0. The molecule has 1 aromatic heterocycles. The van der Waals surface area contributed by atoms with Crippen LogP contribution in [0.3, 0.4) is 0 Å². The number of carboxylic acid groups (broad SMARTS) is 1. The maximum absolute atomic E-state index is 10.9. The van der Waals surface area contributed by atoms with E-state index in [1.807, 2.05) is 0 Å². The fourth-order valence-corrected chi connectivity index (χ4v) is 4.06. The summed E-state index contributed by atoms with van der Waals surface area (Å²) < 4.78 is 0. The molecule has 82 valence electrons. The van der Waals surface area contributed by atoms with E-state index in [1.54, 1.807) is 23.1 Å². The molecule has 0 aliphatic carbocycles. The first-order chi connectivity index (χ1) is 7.18. The molecule has 1 saturated heterocycles. The van der Waals surface area contributed by atoms with Crippen molar-refractivity contribution in [3.63, 3.8) is 0 Å². The molecule has 15 heavy (non-hydrogen) atoms. The smallest absolute Gasteiger partial charge is 0.320 e. The van der Waals surface area contributed by atoms with Crippen LogP contribution in [-0.2, 0) is 4.79 Å². The first-order valence-corrected chi connectivity index (χ1v) is 6.76. The van der Waals surface area contributed by atoms with Crippen LogP contribution in [0.1, 0.15) is 22.2 Å². The van der Waals surface area contributed by atoms with Crippen LogP contribution in [0, 0.1) is 6.92 Å². The third-order valence-electron chi connectivity index (χ3n) is 2.48. The summed E-state index contributed by atoms with van der Waals surface area (Å²) in [4.78, 5) is 12.1. The molecule has 5 heteroatoms. The maximum atomic E-state index is 10.9. The lowest BCUT2D eigenvalue weighted by Gasteiger charge is -2.27. The van der Waals surface area contributed by atoms with Gasteiger partial charge in [-0.1, -0.05) is 0 Å². The number of carboxylic acids is 1. The first-order valence-electron chi connectivity index (χ1n) is 4.83. The number of thiophene rings is 1. The molecule has 2 N–H and O–H groups in total. The molecule has 0 radical (unpaired) electrons. The third-order valence-corrected chi connectivity index (χ3v) is 4.89. The fraction of sp³-hybridized carbons (Fsp3) is 0.500. The van der Waals surface area contributed by atoms with Crippen molar-refractivity contribution < 1.29 is 9.90 Å². The summed E-state index contributed by atoms with van der Waals surface area (Å²) in [5.74, 6) is 0.168. The molecule has 1 fully saturated rings. The Morgan fingerprint density at radius 3 is 3.07 bits per heavy atom. The predicted molar refractivity (Wildman–Crippen MR) is 63.4 cm³/mol. The van der Waals surface area contributed by atoms with Gasteiger partial charge in [0.05, 0.1) is 5.37 Å². The third kappa shape index (κ3) is 2.35. The van der Waals surface area contributed by atoms with E-state index in [0.717, 1.165) is 5.75 Å². The number of hydrogen-bond donors (Lipinski definition) is 2. The topological polar surface area (TPSA) is 49.3 Å². The summed E-state index contributed by atoms with van der Waals surface area (Å²) in [5.41, 5.74) is 1.25. The van der Waals surface area contributed by atoms with Crippen LogP contribution in [0.2, 0.25) is 0 Å². The molecule has 0 amide bonds. The number of aliphatic carboxylic acids is 1. The molecule has 2 atom stereocenters. The van der Waals surface area contributed by atoms with Gasteiger partial charge in [0.1, 0.15) is 6.04 Å². The highest BCUT2D eigenvalue weighted by atomic mass is 32.2. The number of aryl methyl sites for hydroxylation is 1. The van der Waals surface area contributed by atoms with Gasteiger partial charge in [0.25, 0.3) is 0 Å². The Morgan fingerprint density at radius 2 is 2.47 bits per heavy atom. The van der Waals surface area contributed by atoms with Gasteiger partial charge in [-0.2, -0.15) is 0 Å². The monoisotopic (exact) mass is 243 g/mol. The minimum absolute atomic E-state index is 0.153. The largest absolute Gasteiger partial charge is 0.480 e. The van der Waals surface area contributed by atoms with Gasteiger partial charge in [-0.15, -0.1) is 23.1 Å². The average molecular weight is 243 g/mol. The van der Waals surface area contributed by atoms with E-state index in [4.69, 9.17) is 5.11 Å². The zero-order valence-corrected chi connectivity index (χ0v) is 10.0. The van der Waals surface area contributed by atoms with Gasteiger partial charge in [0.15, 0.2) is 0 Å². The van der Waals surface area contributed by atoms with E-state index in [9.17, 15) is 4.79 Å². The second-order valence-corrected chi connectivity index (χ2v) is 5.73. The lowest BCUT2D eigenvalue weighted by Crippen LogP contribution is -2.41. The minimum atomic E-state index is -0.741. The van der Waals surface area contributed by atoms with Crippen molar-refractivity contribution in [2.45, 2.75) is 24.8 Å². The van der Waals surface area contributed by atoms with E-state index in [-0.39, 0.29) is 5.37 Å². The molecule has 1 aliphatic heterocycles. The van der Waals surface area contributed by atoms with Gasteiger partial charge >= 0.3 is 5.97 Å². The van der Waals surface area contributed by atoms with Crippen LogP contribution in [-0.4, -0.2) is 22.9 Å². The molecular weight excluding hydrogens is 230 g/mol. The molecule has 0 bridgehead atoms. The van der Waals surface area contributed by atoms with Crippen LogP contribution in [0.15, 0.2) is 11.4 Å². The summed E-state index contributed by atoms with van der Waals surface area (Å²) in [6, 6.07) is 1.69. The quantitative estimate of drug-likeness (QED) is 0.836. The Morgan fingerprint density at radius 1 is 1.67 bits per heavy atom. The highest BCUT2D eigenvalue weighted by Gasteiger charge is 2.28. The van der Waals surface area contributed by atoms with Crippen LogP contribution in [0.5, 0.6) is 0 Å². The van der Waals surface area contributed by atoms with Crippen molar-refractivity contribution in [3.05, 3.63) is 21.9 Å². The zero-order valence-electron chi connectivity index (χ0n) is 8.40. The minimum Gasteiger partial charge on any atom is -0.480 e. The zero-order chi connectivity index (χ0) is 10.8. The van der Waals surface area contributed by atoms with Crippen LogP contribution >= 0.6 is 23.1 Å². The van der Waals surface area contributed by atoms with Gasteiger partial charge in [-0.25, -0.2) is 0 Å². The highest BCUT2D eigenvalue weighted by molar-refractivity contribution is 7.99. The van der Waals surface area contributed by atoms with Crippen molar-refractivity contribution >= 4 is 29.1 Å². The van der Waals surface area contributed by atoms with Gasteiger partial charge in [-0.05, 0) is 36.1 Å². The number of carbonyl (C=O) groups is 1. The number of nitrogens with one attached hydrogen (secondary N) is 1. The maximum Gasteiger partial charge on any atom is 0.320 e. The second kappa shape index (κ2) is 4.55. The SMILES string of the molecule is Cc1ccsc1C1NC(C(=O)O)CCS1. The number of thioether (sulfide) groups is 1. The summed E-state index contributed by atoms with van der Waals surface area (Å²) in [6.07, 6.45) is 0.709. The highest BCUT2D eigenvalue weighted by Crippen LogP contribution is 2.36. The van der Waals surface area contributed by atoms with E-state index < -0.39 is 12.0 Å². The molecule has 1 aliphatic rings. The summed E-state index contributed by atoms with van der Waals surface area (Å²) >= 11 is 3.49. The van der Waals surface area contributed by atoms with Crippen LogP contribution in [0.25, 0.3) is 0 Å². The summed E-state index contributed by atoms with van der Waals surface area (Å²) in [5, 5.41) is 14.3.